The van der Waals surface area contributed by atoms with Gasteiger partial charge in [0.1, 0.15) is 17.2 Å². The lowest BCUT2D eigenvalue weighted by Gasteiger charge is -2.39. The summed E-state index contributed by atoms with van der Waals surface area (Å²) in [5.74, 6) is 0.139. The van der Waals surface area contributed by atoms with Crippen molar-refractivity contribution in [3.05, 3.63) is 59.4 Å². The molecule has 1 spiro atoms. The van der Waals surface area contributed by atoms with Crippen molar-refractivity contribution in [3.8, 4) is 5.75 Å². The Kier molecular flexibility index (Phi) is 6.05. The van der Waals surface area contributed by atoms with Gasteiger partial charge in [-0.15, -0.1) is 0 Å². The molecule has 0 bridgehead atoms. The summed E-state index contributed by atoms with van der Waals surface area (Å²) in [7, 11) is 0. The first-order valence-corrected chi connectivity index (χ1v) is 11.9. The third kappa shape index (κ3) is 4.20. The molecule has 32 heavy (non-hydrogen) atoms. The first-order valence-electron chi connectivity index (χ1n) is 11.9. The monoisotopic (exact) mass is 438 g/mol. The van der Waals surface area contributed by atoms with Gasteiger partial charge in [-0.05, 0) is 68.8 Å². The predicted molar refractivity (Wildman–Crippen MR) is 122 cm³/mol. The van der Waals surface area contributed by atoms with Gasteiger partial charge in [0.2, 0.25) is 0 Å². The van der Waals surface area contributed by atoms with Crippen LogP contribution in [0.5, 0.6) is 5.75 Å². The van der Waals surface area contributed by atoms with E-state index >= 15 is 0 Å². The zero-order chi connectivity index (χ0) is 22.0. The fourth-order valence-corrected chi connectivity index (χ4v) is 5.33. The van der Waals surface area contributed by atoms with Gasteiger partial charge >= 0.3 is 5.97 Å². The Morgan fingerprint density at radius 3 is 2.47 bits per heavy atom. The van der Waals surface area contributed by atoms with E-state index in [-0.39, 0.29) is 5.82 Å². The first kappa shape index (κ1) is 21.3. The van der Waals surface area contributed by atoms with E-state index < -0.39 is 11.6 Å². The van der Waals surface area contributed by atoms with Gasteiger partial charge in [0.15, 0.2) is 0 Å². The lowest BCUT2D eigenvalue weighted by molar-refractivity contribution is -0.0223. The number of ether oxygens (including phenoxy) is 2. The number of benzene rings is 2. The van der Waals surface area contributed by atoms with E-state index in [1.54, 1.807) is 12.1 Å². The summed E-state index contributed by atoms with van der Waals surface area (Å²) in [6.45, 7) is 5.71. The second kappa shape index (κ2) is 9.10. The topological polar surface area (TPSA) is 42.0 Å². The van der Waals surface area contributed by atoms with Crippen LogP contribution in [0.3, 0.4) is 0 Å². The van der Waals surface area contributed by atoms with Crippen LogP contribution in [0.15, 0.2) is 42.5 Å². The van der Waals surface area contributed by atoms with E-state index in [0.717, 1.165) is 31.0 Å². The fraction of sp³-hybridized carbons (Fsp3) is 0.500. The summed E-state index contributed by atoms with van der Waals surface area (Å²) in [6.07, 6.45) is 6.23. The zero-order valence-electron chi connectivity index (χ0n) is 18.5. The number of hydrogen-bond acceptors (Lipinski definition) is 5. The summed E-state index contributed by atoms with van der Waals surface area (Å²) in [6, 6.07) is 12.8. The molecule has 2 saturated heterocycles. The molecule has 0 aromatic heterocycles. The largest absolute Gasteiger partial charge is 0.494 e. The van der Waals surface area contributed by atoms with Crippen molar-refractivity contribution in [2.45, 2.75) is 44.1 Å². The number of esters is 1. The molecule has 0 N–H and O–H groups in total. The van der Waals surface area contributed by atoms with Crippen molar-refractivity contribution in [2.75, 3.05) is 44.2 Å². The molecule has 2 fully saturated rings. The number of anilines is 1. The number of fused-ring (bicyclic) bond motifs is 2. The highest BCUT2D eigenvalue weighted by molar-refractivity contribution is 5.94. The van der Waals surface area contributed by atoms with Crippen molar-refractivity contribution < 1.29 is 18.7 Å². The highest BCUT2D eigenvalue weighted by Crippen LogP contribution is 2.45. The van der Waals surface area contributed by atoms with Crippen molar-refractivity contribution in [1.82, 2.24) is 4.90 Å². The molecule has 0 radical (unpaired) electrons. The summed E-state index contributed by atoms with van der Waals surface area (Å²) in [5, 5.41) is 0. The highest BCUT2D eigenvalue weighted by atomic mass is 19.1. The zero-order valence-corrected chi connectivity index (χ0v) is 18.5. The molecule has 5 nitrogen and oxygen atoms in total. The molecule has 0 atom stereocenters. The van der Waals surface area contributed by atoms with E-state index in [1.165, 1.54) is 38.4 Å². The molecule has 0 unspecified atom stereocenters. The molecule has 2 aromatic rings. The maximum Gasteiger partial charge on any atom is 0.339 e. The Bertz CT molecular complexity index is 948. The molecule has 3 aliphatic heterocycles. The lowest BCUT2D eigenvalue weighted by atomic mass is 9.83. The number of carbonyl (C=O) groups is 1. The number of likely N-dealkylation sites (tertiary alicyclic amines) is 1. The summed E-state index contributed by atoms with van der Waals surface area (Å²) >= 11 is 0. The number of halogens is 1. The smallest absolute Gasteiger partial charge is 0.339 e. The average molecular weight is 439 g/mol. The van der Waals surface area contributed by atoms with Crippen molar-refractivity contribution in [1.29, 1.82) is 0 Å². The number of rotatable bonds is 6. The molecule has 3 aliphatic rings. The third-order valence-corrected chi connectivity index (χ3v) is 7.09. The number of piperidine rings is 2. The highest BCUT2D eigenvalue weighted by Gasteiger charge is 2.49. The minimum atomic E-state index is -0.828. The van der Waals surface area contributed by atoms with E-state index in [2.05, 4.69) is 21.9 Å². The first-order chi connectivity index (χ1) is 15.6. The maximum absolute atomic E-state index is 14.5. The van der Waals surface area contributed by atoms with Gasteiger partial charge in [-0.2, -0.15) is 0 Å². The van der Waals surface area contributed by atoms with Gasteiger partial charge in [0.05, 0.1) is 12.2 Å². The molecule has 0 aliphatic carbocycles. The van der Waals surface area contributed by atoms with Gasteiger partial charge in [-0.3, -0.25) is 0 Å². The van der Waals surface area contributed by atoms with E-state index in [1.807, 2.05) is 12.1 Å². The molecule has 170 valence electrons. The van der Waals surface area contributed by atoms with Crippen LogP contribution < -0.4 is 9.64 Å². The second-order valence-corrected chi connectivity index (χ2v) is 9.13. The standard InChI is InChI=1S/C26H31FN2O3/c27-23-7-4-6-22-24(23)26(32-25(22)30)12-17-29(18-13-26)20-8-10-21(11-9-20)31-19-5-16-28-14-2-1-3-15-28/h4,6-11H,1-3,5,12-19H2. The molecule has 2 aromatic carbocycles. The van der Waals surface area contributed by atoms with Crippen LogP contribution in [-0.2, 0) is 10.3 Å². The normalized spacial score (nSPS) is 20.3. The van der Waals surface area contributed by atoms with Crippen LogP contribution in [0, 0.1) is 5.82 Å². The average Bonchev–Trinajstić information content (AvgIpc) is 3.10. The van der Waals surface area contributed by atoms with Crippen LogP contribution in [0.1, 0.15) is 54.4 Å². The second-order valence-electron chi connectivity index (χ2n) is 9.13. The Morgan fingerprint density at radius 1 is 0.969 bits per heavy atom. The van der Waals surface area contributed by atoms with Gasteiger partial charge in [-0.1, -0.05) is 12.5 Å². The van der Waals surface area contributed by atoms with Crippen molar-refractivity contribution in [3.63, 3.8) is 0 Å². The quantitative estimate of drug-likeness (QED) is 0.481. The van der Waals surface area contributed by atoms with Gasteiger partial charge < -0.3 is 19.3 Å². The predicted octanol–water partition coefficient (Wildman–Crippen LogP) is 4.75. The van der Waals surface area contributed by atoms with Crippen molar-refractivity contribution in [2.24, 2.45) is 0 Å². The minimum Gasteiger partial charge on any atom is -0.494 e. The van der Waals surface area contributed by atoms with E-state index in [9.17, 15) is 9.18 Å². The van der Waals surface area contributed by atoms with Crippen LogP contribution in [0.2, 0.25) is 0 Å². The van der Waals surface area contributed by atoms with Crippen LogP contribution >= 0.6 is 0 Å². The molecular weight excluding hydrogens is 407 g/mol. The maximum atomic E-state index is 14.5. The number of hydrogen-bond donors (Lipinski definition) is 0. The molecule has 3 heterocycles. The summed E-state index contributed by atoms with van der Waals surface area (Å²) < 4.78 is 26.2. The Balaban J connectivity index is 1.14. The van der Waals surface area contributed by atoms with Gasteiger partial charge in [0, 0.05) is 43.7 Å². The van der Waals surface area contributed by atoms with Gasteiger partial charge in [0.25, 0.3) is 0 Å². The molecule has 6 heteroatoms. The fourth-order valence-electron chi connectivity index (χ4n) is 5.33. The van der Waals surface area contributed by atoms with E-state index in [0.29, 0.717) is 37.1 Å². The molecular formula is C26H31FN2O3. The van der Waals surface area contributed by atoms with Crippen LogP contribution in [0.25, 0.3) is 0 Å². The van der Waals surface area contributed by atoms with E-state index in [4.69, 9.17) is 9.47 Å². The minimum absolute atomic E-state index is 0.344. The van der Waals surface area contributed by atoms with Crippen molar-refractivity contribution >= 4 is 11.7 Å². The van der Waals surface area contributed by atoms with Gasteiger partial charge in [-0.25, -0.2) is 9.18 Å². The Labute approximate surface area is 189 Å². The Morgan fingerprint density at radius 2 is 1.72 bits per heavy atom. The summed E-state index contributed by atoms with van der Waals surface area (Å²) in [4.78, 5) is 17.1. The number of nitrogens with zero attached hydrogens (tertiary/aromatic N) is 2. The molecule has 5 rings (SSSR count). The van der Waals surface area contributed by atoms with Crippen LogP contribution in [0.4, 0.5) is 10.1 Å². The number of carbonyl (C=O) groups excluding carboxylic acids is 1. The molecule has 0 amide bonds. The lowest BCUT2D eigenvalue weighted by Crippen LogP contribution is -2.43. The SMILES string of the molecule is O=C1OC2(CCN(c3ccc(OCCCN4CCCCC4)cc3)CC2)c2c(F)cccc21. The summed E-state index contributed by atoms with van der Waals surface area (Å²) in [5.41, 5.74) is 1.10. The third-order valence-electron chi connectivity index (χ3n) is 7.09. The Hall–Kier alpha value is -2.60. The van der Waals surface area contributed by atoms with Crippen LogP contribution in [-0.4, -0.2) is 50.2 Å². The molecule has 0 saturated carbocycles.